The van der Waals surface area contributed by atoms with Crippen LogP contribution in [0.4, 0.5) is 5.69 Å². The molecule has 1 aromatic heterocycles. The van der Waals surface area contributed by atoms with Crippen LogP contribution in [0.1, 0.15) is 33.2 Å². The Labute approximate surface area is 230 Å². The Morgan fingerprint density at radius 2 is 1.77 bits per heavy atom. The maximum atomic E-state index is 13.3. The van der Waals surface area contributed by atoms with Crippen LogP contribution in [0.25, 0.3) is 10.2 Å². The first kappa shape index (κ1) is 26.8. The normalized spacial score (nSPS) is 13.6. The molecule has 9 nitrogen and oxygen atoms in total. The molecule has 0 bridgehead atoms. The van der Waals surface area contributed by atoms with Gasteiger partial charge in [0.15, 0.2) is 4.80 Å². The highest BCUT2D eigenvalue weighted by Gasteiger charge is 2.30. The molecule has 0 atom stereocenters. The maximum Gasteiger partial charge on any atom is 0.337 e. The van der Waals surface area contributed by atoms with Gasteiger partial charge < -0.3 is 14.0 Å². The summed E-state index contributed by atoms with van der Waals surface area (Å²) in [6.45, 7) is 3.72. The predicted octanol–water partition coefficient (Wildman–Crippen LogP) is 4.02. The third-order valence-electron chi connectivity index (χ3n) is 6.50. The van der Waals surface area contributed by atoms with Crippen molar-refractivity contribution in [2.75, 3.05) is 31.2 Å². The molecule has 3 aromatic carbocycles. The zero-order chi connectivity index (χ0) is 27.6. The quantitative estimate of drug-likeness (QED) is 0.236. The Morgan fingerprint density at radius 3 is 2.51 bits per heavy atom. The molecule has 0 saturated heterocycles. The standard InChI is InChI=1S/C28H27N3O6S2/c1-3-37-17-16-30-24-13-10-21(27(33)36-2)18-25(24)38-28(30)29-26(32)20-8-11-22(12-9-20)39(34,35)31-15-14-19-6-4-5-7-23(19)31/h4-13,18H,3,14-17H2,1-2H3. The van der Waals surface area contributed by atoms with E-state index in [4.69, 9.17) is 9.47 Å². The lowest BCUT2D eigenvalue weighted by Gasteiger charge is -2.19. The molecule has 0 fully saturated rings. The molecular formula is C28H27N3O6S2. The van der Waals surface area contributed by atoms with Crippen LogP contribution in [0.5, 0.6) is 0 Å². The molecule has 39 heavy (non-hydrogen) atoms. The molecule has 0 unspecified atom stereocenters. The van der Waals surface area contributed by atoms with Crippen LogP contribution in [-0.2, 0) is 32.5 Å². The first-order valence-corrected chi connectivity index (χ1v) is 14.7. The Morgan fingerprint density at radius 1 is 1.03 bits per heavy atom. The van der Waals surface area contributed by atoms with Crippen LogP contribution < -0.4 is 9.11 Å². The number of ether oxygens (including phenoxy) is 2. The number of amides is 1. The minimum absolute atomic E-state index is 0.111. The van der Waals surface area contributed by atoms with E-state index in [-0.39, 0.29) is 10.5 Å². The van der Waals surface area contributed by atoms with E-state index < -0.39 is 21.9 Å². The lowest BCUT2D eigenvalue weighted by molar-refractivity contribution is 0.0600. The minimum atomic E-state index is -3.77. The Kier molecular flexibility index (Phi) is 7.65. The number of sulfonamides is 1. The third kappa shape index (κ3) is 5.25. The van der Waals surface area contributed by atoms with E-state index >= 15 is 0 Å². The highest BCUT2D eigenvalue weighted by Crippen LogP contribution is 2.32. The number of anilines is 1. The fourth-order valence-corrected chi connectivity index (χ4v) is 7.12. The van der Waals surface area contributed by atoms with Gasteiger partial charge in [-0.2, -0.15) is 4.99 Å². The van der Waals surface area contributed by atoms with Gasteiger partial charge in [-0.3, -0.25) is 9.10 Å². The number of thiazole rings is 1. The van der Waals surface area contributed by atoms with Crippen molar-refractivity contribution >= 4 is 49.1 Å². The number of carbonyl (C=O) groups is 2. The number of para-hydroxylation sites is 1. The smallest absolute Gasteiger partial charge is 0.337 e. The van der Waals surface area contributed by atoms with Crippen LogP contribution in [0.2, 0.25) is 0 Å². The summed E-state index contributed by atoms with van der Waals surface area (Å²) >= 11 is 1.27. The molecule has 5 rings (SSSR count). The monoisotopic (exact) mass is 565 g/mol. The molecule has 0 N–H and O–H groups in total. The number of benzene rings is 3. The first-order valence-electron chi connectivity index (χ1n) is 12.4. The Hall–Kier alpha value is -3.80. The molecule has 11 heteroatoms. The Balaban J connectivity index is 1.46. The highest BCUT2D eigenvalue weighted by atomic mass is 32.2. The third-order valence-corrected chi connectivity index (χ3v) is 9.37. The molecule has 0 saturated carbocycles. The Bertz CT molecular complexity index is 1720. The van der Waals surface area contributed by atoms with Gasteiger partial charge in [0.05, 0.1) is 40.1 Å². The lowest BCUT2D eigenvalue weighted by Crippen LogP contribution is -2.29. The lowest BCUT2D eigenvalue weighted by atomic mass is 10.2. The van der Waals surface area contributed by atoms with Crippen molar-refractivity contribution in [1.82, 2.24) is 4.57 Å². The fraction of sp³-hybridized carbons (Fsp3) is 0.250. The van der Waals surface area contributed by atoms with Gasteiger partial charge in [0.1, 0.15) is 0 Å². The summed E-state index contributed by atoms with van der Waals surface area (Å²) in [5, 5.41) is 0. The van der Waals surface area contributed by atoms with Crippen molar-refractivity contribution in [2.24, 2.45) is 4.99 Å². The van der Waals surface area contributed by atoms with Crippen LogP contribution in [0, 0.1) is 0 Å². The summed E-state index contributed by atoms with van der Waals surface area (Å²) in [6, 6.07) is 18.5. The number of carbonyl (C=O) groups excluding carboxylic acids is 2. The average Bonchev–Trinajstić information content (AvgIpc) is 3.54. The highest BCUT2D eigenvalue weighted by molar-refractivity contribution is 7.92. The number of hydrogen-bond donors (Lipinski definition) is 0. The number of fused-ring (bicyclic) bond motifs is 2. The molecular weight excluding hydrogens is 538 g/mol. The predicted molar refractivity (Wildman–Crippen MR) is 149 cm³/mol. The number of nitrogens with zero attached hydrogens (tertiary/aromatic N) is 3. The fourth-order valence-electron chi connectivity index (χ4n) is 4.53. The molecule has 0 aliphatic carbocycles. The second-order valence-corrected chi connectivity index (χ2v) is 11.7. The van der Waals surface area contributed by atoms with Crippen LogP contribution in [0.3, 0.4) is 0 Å². The van der Waals surface area contributed by atoms with Crippen LogP contribution >= 0.6 is 11.3 Å². The van der Waals surface area contributed by atoms with E-state index in [1.54, 1.807) is 24.3 Å². The van der Waals surface area contributed by atoms with Crippen molar-refractivity contribution in [1.29, 1.82) is 0 Å². The van der Waals surface area contributed by atoms with E-state index in [1.807, 2.05) is 29.7 Å². The van der Waals surface area contributed by atoms with Crippen molar-refractivity contribution in [3.05, 3.63) is 88.2 Å². The summed E-state index contributed by atoms with van der Waals surface area (Å²) in [7, 11) is -2.44. The number of esters is 1. The number of rotatable bonds is 8. The van der Waals surface area contributed by atoms with Crippen molar-refractivity contribution in [2.45, 2.75) is 24.8 Å². The van der Waals surface area contributed by atoms with Gasteiger partial charge in [-0.05, 0) is 67.4 Å². The molecule has 0 radical (unpaired) electrons. The van der Waals surface area contributed by atoms with Crippen LogP contribution in [0.15, 0.2) is 76.6 Å². The SMILES string of the molecule is CCOCCn1c(=NC(=O)c2ccc(S(=O)(=O)N3CCc4ccccc43)cc2)sc2cc(C(=O)OC)ccc21. The molecule has 202 valence electrons. The van der Waals surface area contributed by atoms with Crippen molar-refractivity contribution in [3.8, 4) is 0 Å². The topological polar surface area (TPSA) is 107 Å². The van der Waals surface area contributed by atoms with Gasteiger partial charge in [0.2, 0.25) is 0 Å². The van der Waals surface area contributed by atoms with Gasteiger partial charge in [-0.1, -0.05) is 29.5 Å². The maximum absolute atomic E-state index is 13.3. The zero-order valence-corrected chi connectivity index (χ0v) is 23.1. The van der Waals surface area contributed by atoms with E-state index in [2.05, 4.69) is 4.99 Å². The molecule has 1 aliphatic heterocycles. The van der Waals surface area contributed by atoms with Gasteiger partial charge >= 0.3 is 5.97 Å². The first-order chi connectivity index (χ1) is 18.8. The number of hydrogen-bond acceptors (Lipinski definition) is 7. The number of methoxy groups -OCH3 is 1. The molecule has 0 spiro atoms. The van der Waals surface area contributed by atoms with Crippen molar-refractivity contribution < 1.29 is 27.5 Å². The molecule has 4 aromatic rings. The summed E-state index contributed by atoms with van der Waals surface area (Å²) < 4.78 is 41.0. The largest absolute Gasteiger partial charge is 0.465 e. The van der Waals surface area contributed by atoms with E-state index in [9.17, 15) is 18.0 Å². The van der Waals surface area contributed by atoms with Gasteiger partial charge in [-0.25, -0.2) is 13.2 Å². The van der Waals surface area contributed by atoms with Gasteiger partial charge in [-0.15, -0.1) is 0 Å². The van der Waals surface area contributed by atoms with E-state index in [0.717, 1.165) is 15.8 Å². The van der Waals surface area contributed by atoms with Crippen molar-refractivity contribution in [3.63, 3.8) is 0 Å². The molecule has 2 heterocycles. The summed E-state index contributed by atoms with van der Waals surface area (Å²) in [6.07, 6.45) is 0.657. The van der Waals surface area contributed by atoms with E-state index in [1.165, 1.54) is 47.0 Å². The second kappa shape index (κ2) is 11.1. The summed E-state index contributed by atoms with van der Waals surface area (Å²) in [4.78, 5) is 30.0. The van der Waals surface area contributed by atoms with Crippen LogP contribution in [-0.4, -0.2) is 51.7 Å². The minimum Gasteiger partial charge on any atom is -0.465 e. The van der Waals surface area contributed by atoms with Gasteiger partial charge in [0.25, 0.3) is 15.9 Å². The van der Waals surface area contributed by atoms with E-state index in [0.29, 0.717) is 48.8 Å². The molecule has 1 aliphatic rings. The zero-order valence-electron chi connectivity index (χ0n) is 21.5. The molecule has 1 amide bonds. The second-order valence-electron chi connectivity index (χ2n) is 8.80. The average molecular weight is 566 g/mol. The van der Waals surface area contributed by atoms with Gasteiger partial charge in [0, 0.05) is 25.3 Å². The summed E-state index contributed by atoms with van der Waals surface area (Å²) in [5.41, 5.74) is 3.15. The number of aromatic nitrogens is 1. The summed E-state index contributed by atoms with van der Waals surface area (Å²) in [5.74, 6) is -0.955.